The Morgan fingerprint density at radius 3 is 2.94 bits per heavy atom. The van der Waals surface area contributed by atoms with Crippen LogP contribution in [-0.2, 0) is 9.53 Å². The molecule has 2 rings (SSSR count). The van der Waals surface area contributed by atoms with Crippen LogP contribution in [0.1, 0.15) is 25.7 Å². The van der Waals surface area contributed by atoms with Gasteiger partial charge in [-0.15, -0.1) is 0 Å². The zero-order valence-corrected chi connectivity index (χ0v) is 10.4. The SMILES string of the molecule is CN(C(=O)CCC1CCCO1)[C@H]1CNC[C@@H]1O. The summed E-state index contributed by atoms with van der Waals surface area (Å²) in [5.41, 5.74) is 0. The van der Waals surface area contributed by atoms with Crippen LogP contribution in [0.15, 0.2) is 0 Å². The lowest BCUT2D eigenvalue weighted by Gasteiger charge is -2.26. The van der Waals surface area contributed by atoms with Crippen molar-refractivity contribution < 1.29 is 14.6 Å². The number of hydrogen-bond donors (Lipinski definition) is 2. The molecule has 1 unspecified atom stereocenters. The number of hydrogen-bond acceptors (Lipinski definition) is 4. The lowest BCUT2D eigenvalue weighted by Crippen LogP contribution is -2.44. The first kappa shape index (κ1) is 12.8. The normalized spacial score (nSPS) is 32.9. The predicted molar refractivity (Wildman–Crippen MR) is 63.6 cm³/mol. The van der Waals surface area contributed by atoms with E-state index in [4.69, 9.17) is 4.74 Å². The highest BCUT2D eigenvalue weighted by Crippen LogP contribution is 2.18. The van der Waals surface area contributed by atoms with Gasteiger partial charge in [0.05, 0.1) is 18.2 Å². The van der Waals surface area contributed by atoms with Crippen molar-refractivity contribution in [1.29, 1.82) is 0 Å². The topological polar surface area (TPSA) is 61.8 Å². The van der Waals surface area contributed by atoms with E-state index in [1.54, 1.807) is 11.9 Å². The van der Waals surface area contributed by atoms with Gasteiger partial charge in [-0.05, 0) is 19.3 Å². The van der Waals surface area contributed by atoms with Crippen LogP contribution in [0.3, 0.4) is 0 Å². The molecule has 5 nitrogen and oxygen atoms in total. The average molecular weight is 242 g/mol. The first-order valence-corrected chi connectivity index (χ1v) is 6.44. The van der Waals surface area contributed by atoms with E-state index in [0.29, 0.717) is 19.5 Å². The molecular formula is C12H22N2O3. The summed E-state index contributed by atoms with van der Waals surface area (Å²) in [6.45, 7) is 2.09. The standard InChI is InChI=1S/C12H22N2O3/c1-14(10-7-13-8-11(10)15)12(16)5-4-9-3-2-6-17-9/h9-11,13,15H,2-8H2,1H3/t9?,10-,11-/m0/s1. The van der Waals surface area contributed by atoms with Crippen molar-refractivity contribution in [2.45, 2.75) is 43.9 Å². The molecule has 3 atom stereocenters. The molecule has 2 heterocycles. The average Bonchev–Trinajstić information content (AvgIpc) is 2.95. The van der Waals surface area contributed by atoms with Gasteiger partial charge in [-0.1, -0.05) is 0 Å². The molecule has 5 heteroatoms. The van der Waals surface area contributed by atoms with Crippen LogP contribution in [0.4, 0.5) is 0 Å². The highest BCUT2D eigenvalue weighted by Gasteiger charge is 2.31. The lowest BCUT2D eigenvalue weighted by atomic mass is 10.1. The third-order valence-corrected chi connectivity index (χ3v) is 3.75. The molecule has 0 radical (unpaired) electrons. The summed E-state index contributed by atoms with van der Waals surface area (Å²) in [7, 11) is 1.78. The summed E-state index contributed by atoms with van der Waals surface area (Å²) >= 11 is 0. The monoisotopic (exact) mass is 242 g/mol. The maximum Gasteiger partial charge on any atom is 0.222 e. The van der Waals surface area contributed by atoms with Gasteiger partial charge < -0.3 is 20.1 Å². The molecular weight excluding hydrogens is 220 g/mol. The van der Waals surface area contributed by atoms with Crippen molar-refractivity contribution in [3.63, 3.8) is 0 Å². The largest absolute Gasteiger partial charge is 0.390 e. The fourth-order valence-corrected chi connectivity index (χ4v) is 2.56. The fourth-order valence-electron chi connectivity index (χ4n) is 2.56. The van der Waals surface area contributed by atoms with Crippen LogP contribution in [0.5, 0.6) is 0 Å². The number of likely N-dealkylation sites (N-methyl/N-ethyl adjacent to an activating group) is 1. The summed E-state index contributed by atoms with van der Waals surface area (Å²) in [5.74, 6) is 0.105. The second kappa shape index (κ2) is 5.80. The van der Waals surface area contributed by atoms with E-state index in [-0.39, 0.29) is 18.1 Å². The third-order valence-electron chi connectivity index (χ3n) is 3.75. The Bertz CT molecular complexity index is 266. The summed E-state index contributed by atoms with van der Waals surface area (Å²) in [6.07, 6.45) is 3.33. The minimum absolute atomic E-state index is 0.0769. The van der Waals surface area contributed by atoms with Crippen LogP contribution in [0.25, 0.3) is 0 Å². The van der Waals surface area contributed by atoms with Crippen molar-refractivity contribution >= 4 is 5.91 Å². The molecule has 0 aromatic heterocycles. The van der Waals surface area contributed by atoms with Gasteiger partial charge in [0.2, 0.25) is 5.91 Å². The van der Waals surface area contributed by atoms with Crippen LogP contribution >= 0.6 is 0 Å². The molecule has 0 spiro atoms. The molecule has 0 aromatic carbocycles. The Morgan fingerprint density at radius 1 is 1.53 bits per heavy atom. The maximum atomic E-state index is 12.0. The van der Waals surface area contributed by atoms with E-state index in [9.17, 15) is 9.90 Å². The molecule has 2 aliphatic rings. The van der Waals surface area contributed by atoms with Crippen molar-refractivity contribution in [3.05, 3.63) is 0 Å². The second-order valence-electron chi connectivity index (χ2n) is 4.97. The highest BCUT2D eigenvalue weighted by atomic mass is 16.5. The van der Waals surface area contributed by atoms with Crippen LogP contribution < -0.4 is 5.32 Å². The Morgan fingerprint density at radius 2 is 2.35 bits per heavy atom. The molecule has 1 amide bonds. The molecule has 2 N–H and O–H groups in total. The minimum atomic E-state index is -0.438. The first-order chi connectivity index (χ1) is 8.18. The molecule has 2 saturated heterocycles. The number of carbonyl (C=O) groups is 1. The van der Waals surface area contributed by atoms with Gasteiger partial charge in [0, 0.05) is 33.2 Å². The van der Waals surface area contributed by atoms with Gasteiger partial charge in [-0.25, -0.2) is 0 Å². The zero-order valence-electron chi connectivity index (χ0n) is 10.4. The number of amides is 1. The molecule has 17 heavy (non-hydrogen) atoms. The van der Waals surface area contributed by atoms with E-state index >= 15 is 0 Å². The van der Waals surface area contributed by atoms with Gasteiger partial charge in [-0.2, -0.15) is 0 Å². The molecule has 98 valence electrons. The number of carbonyl (C=O) groups excluding carboxylic acids is 1. The van der Waals surface area contributed by atoms with Gasteiger partial charge in [-0.3, -0.25) is 4.79 Å². The molecule has 0 bridgehead atoms. The quantitative estimate of drug-likeness (QED) is 0.713. The molecule has 0 aromatic rings. The van der Waals surface area contributed by atoms with E-state index in [1.165, 1.54) is 0 Å². The summed E-state index contributed by atoms with van der Waals surface area (Å²) < 4.78 is 5.50. The van der Waals surface area contributed by atoms with Gasteiger partial charge >= 0.3 is 0 Å². The van der Waals surface area contributed by atoms with Crippen LogP contribution in [0, 0.1) is 0 Å². The van der Waals surface area contributed by atoms with E-state index < -0.39 is 6.10 Å². The minimum Gasteiger partial charge on any atom is -0.390 e. The van der Waals surface area contributed by atoms with Gasteiger partial charge in [0.25, 0.3) is 0 Å². The molecule has 0 saturated carbocycles. The van der Waals surface area contributed by atoms with Crippen molar-refractivity contribution in [2.75, 3.05) is 26.7 Å². The Labute approximate surface area is 102 Å². The molecule has 2 aliphatic heterocycles. The smallest absolute Gasteiger partial charge is 0.222 e. The lowest BCUT2D eigenvalue weighted by molar-refractivity contribution is -0.133. The van der Waals surface area contributed by atoms with Crippen molar-refractivity contribution in [3.8, 4) is 0 Å². The molecule has 0 aliphatic carbocycles. The van der Waals surface area contributed by atoms with E-state index in [2.05, 4.69) is 5.32 Å². The predicted octanol–water partition coefficient (Wildman–Crippen LogP) is -0.263. The van der Waals surface area contributed by atoms with E-state index in [0.717, 1.165) is 25.9 Å². The van der Waals surface area contributed by atoms with Gasteiger partial charge in [0.1, 0.15) is 0 Å². The number of ether oxygens (including phenoxy) is 1. The number of nitrogens with one attached hydrogen (secondary N) is 1. The summed E-state index contributed by atoms with van der Waals surface area (Å²) in [6, 6.07) is -0.0769. The van der Waals surface area contributed by atoms with Crippen LogP contribution in [0.2, 0.25) is 0 Å². The fraction of sp³-hybridized carbons (Fsp3) is 0.917. The maximum absolute atomic E-state index is 12.0. The summed E-state index contributed by atoms with van der Waals surface area (Å²) in [5, 5.41) is 12.8. The van der Waals surface area contributed by atoms with Crippen LogP contribution in [-0.4, -0.2) is 60.9 Å². The highest BCUT2D eigenvalue weighted by molar-refractivity contribution is 5.76. The van der Waals surface area contributed by atoms with Crippen molar-refractivity contribution in [1.82, 2.24) is 10.2 Å². The Balaban J connectivity index is 1.74. The first-order valence-electron chi connectivity index (χ1n) is 6.44. The Hall–Kier alpha value is -0.650. The number of β-amino-alcohol motifs (C(OH)–C–C–N with tert-alkyl or cyclic N) is 1. The van der Waals surface area contributed by atoms with Gasteiger partial charge in [0.15, 0.2) is 0 Å². The van der Waals surface area contributed by atoms with E-state index in [1.807, 2.05) is 0 Å². The Kier molecular flexibility index (Phi) is 4.36. The second-order valence-corrected chi connectivity index (χ2v) is 4.97. The number of aliphatic hydroxyl groups is 1. The third kappa shape index (κ3) is 3.18. The molecule has 2 fully saturated rings. The number of nitrogens with zero attached hydrogens (tertiary/aromatic N) is 1. The number of aliphatic hydroxyl groups excluding tert-OH is 1. The summed E-state index contributed by atoms with van der Waals surface area (Å²) in [4.78, 5) is 13.6. The zero-order chi connectivity index (χ0) is 12.3. The number of rotatable bonds is 4. The van der Waals surface area contributed by atoms with Crippen molar-refractivity contribution in [2.24, 2.45) is 0 Å².